The topological polar surface area (TPSA) is 38.0 Å². The van der Waals surface area contributed by atoms with E-state index in [1.807, 2.05) is 42.5 Å². The number of hydrogen-bond acceptors (Lipinski definition) is 2. The predicted octanol–water partition coefficient (Wildman–Crippen LogP) is 5.82. The van der Waals surface area contributed by atoms with E-state index in [-0.39, 0.29) is 0 Å². The van der Waals surface area contributed by atoms with E-state index in [0.717, 1.165) is 34.0 Å². The summed E-state index contributed by atoms with van der Waals surface area (Å²) in [6, 6.07) is 19.6. The number of nitrogens with zero attached hydrogens (tertiary/aromatic N) is 2. The summed E-state index contributed by atoms with van der Waals surface area (Å²) in [4.78, 5) is 0. The van der Waals surface area contributed by atoms with Crippen LogP contribution in [0, 0.1) is 25.2 Å². The van der Waals surface area contributed by atoms with Crippen molar-refractivity contribution in [3.63, 3.8) is 0 Å². The first-order chi connectivity index (χ1) is 12.5. The van der Waals surface area contributed by atoms with Crippen molar-refractivity contribution in [1.82, 2.24) is 4.57 Å². The number of benzene rings is 2. The molecule has 1 heterocycles. The minimum Gasteiger partial charge on any atom is -0.497 e. The number of aromatic nitrogens is 1. The molecule has 0 radical (unpaired) electrons. The second-order valence-corrected chi connectivity index (χ2v) is 6.48. The summed E-state index contributed by atoms with van der Waals surface area (Å²) in [7, 11) is 1.66. The number of methoxy groups -OCH3 is 1. The van der Waals surface area contributed by atoms with E-state index in [1.54, 1.807) is 19.2 Å². The lowest BCUT2D eigenvalue weighted by atomic mass is 10.0. The van der Waals surface area contributed by atoms with Crippen molar-refractivity contribution < 1.29 is 4.74 Å². The van der Waals surface area contributed by atoms with Gasteiger partial charge in [0.1, 0.15) is 5.75 Å². The van der Waals surface area contributed by atoms with Crippen LogP contribution in [-0.2, 0) is 0 Å². The van der Waals surface area contributed by atoms with E-state index in [4.69, 9.17) is 16.3 Å². The second-order valence-electron chi connectivity index (χ2n) is 6.04. The molecule has 130 valence electrons. The van der Waals surface area contributed by atoms with Gasteiger partial charge in [-0.2, -0.15) is 5.26 Å². The first-order valence-corrected chi connectivity index (χ1v) is 8.62. The summed E-state index contributed by atoms with van der Waals surface area (Å²) in [6.07, 6.45) is 1.91. The van der Waals surface area contributed by atoms with Crippen LogP contribution in [0.3, 0.4) is 0 Å². The molecular weight excluding hydrogens is 344 g/mol. The van der Waals surface area contributed by atoms with Gasteiger partial charge in [-0.1, -0.05) is 23.7 Å². The SMILES string of the molecule is COc1ccc(-n2c(C)cc(/C=C(/C#N)c3cccc(Cl)c3)c2C)cc1. The number of ether oxygens (including phenoxy) is 1. The largest absolute Gasteiger partial charge is 0.497 e. The van der Waals surface area contributed by atoms with Crippen molar-refractivity contribution in [3.05, 3.63) is 82.1 Å². The molecular formula is C22H19ClN2O. The molecule has 0 atom stereocenters. The third kappa shape index (κ3) is 3.51. The number of aryl methyl sites for hydroxylation is 1. The van der Waals surface area contributed by atoms with Gasteiger partial charge < -0.3 is 9.30 Å². The lowest BCUT2D eigenvalue weighted by Crippen LogP contribution is -1.99. The van der Waals surface area contributed by atoms with Crippen LogP contribution in [-0.4, -0.2) is 11.7 Å². The quantitative estimate of drug-likeness (QED) is 0.548. The summed E-state index contributed by atoms with van der Waals surface area (Å²) < 4.78 is 7.40. The number of halogens is 1. The van der Waals surface area contributed by atoms with E-state index < -0.39 is 0 Å². The molecule has 0 unspecified atom stereocenters. The molecule has 0 aliphatic carbocycles. The highest BCUT2D eigenvalue weighted by molar-refractivity contribution is 6.30. The zero-order valence-corrected chi connectivity index (χ0v) is 15.7. The minimum absolute atomic E-state index is 0.586. The molecule has 0 spiro atoms. The highest BCUT2D eigenvalue weighted by Gasteiger charge is 2.11. The molecule has 26 heavy (non-hydrogen) atoms. The van der Waals surface area contributed by atoms with Crippen molar-refractivity contribution in [2.75, 3.05) is 7.11 Å². The lowest BCUT2D eigenvalue weighted by molar-refractivity contribution is 0.414. The fourth-order valence-corrected chi connectivity index (χ4v) is 3.24. The molecule has 0 saturated carbocycles. The first kappa shape index (κ1) is 17.8. The molecule has 3 rings (SSSR count). The lowest BCUT2D eigenvalue weighted by Gasteiger charge is -2.10. The normalized spacial score (nSPS) is 11.3. The maximum Gasteiger partial charge on any atom is 0.119 e. The van der Waals surface area contributed by atoms with Crippen LogP contribution < -0.4 is 4.74 Å². The van der Waals surface area contributed by atoms with Crippen LogP contribution in [0.25, 0.3) is 17.3 Å². The minimum atomic E-state index is 0.586. The zero-order chi connectivity index (χ0) is 18.7. The Labute approximate surface area is 158 Å². The van der Waals surface area contributed by atoms with Crippen molar-refractivity contribution in [1.29, 1.82) is 5.26 Å². The van der Waals surface area contributed by atoms with Gasteiger partial charge in [0.25, 0.3) is 0 Å². The molecule has 4 heteroatoms. The maximum atomic E-state index is 9.59. The van der Waals surface area contributed by atoms with Crippen LogP contribution in [0.15, 0.2) is 54.6 Å². The van der Waals surface area contributed by atoms with Crippen LogP contribution in [0.5, 0.6) is 5.75 Å². The predicted molar refractivity (Wildman–Crippen MR) is 107 cm³/mol. The zero-order valence-electron chi connectivity index (χ0n) is 15.0. The molecule has 2 aromatic carbocycles. The molecule has 1 aromatic heterocycles. The van der Waals surface area contributed by atoms with E-state index >= 15 is 0 Å². The van der Waals surface area contributed by atoms with Gasteiger partial charge in [0.15, 0.2) is 0 Å². The van der Waals surface area contributed by atoms with Crippen LogP contribution >= 0.6 is 11.6 Å². The Bertz CT molecular complexity index is 1010. The standard InChI is InChI=1S/C22H19ClN2O/c1-15-11-18(12-19(14-24)17-5-4-6-20(23)13-17)16(2)25(15)21-7-9-22(26-3)10-8-21/h4-13H,1-3H3/b19-12-. The number of rotatable bonds is 4. The van der Waals surface area contributed by atoms with Gasteiger partial charge in [-0.3, -0.25) is 0 Å². The monoisotopic (exact) mass is 362 g/mol. The molecule has 0 amide bonds. The smallest absolute Gasteiger partial charge is 0.119 e. The Morgan fingerprint density at radius 2 is 1.85 bits per heavy atom. The van der Waals surface area contributed by atoms with Gasteiger partial charge in [-0.25, -0.2) is 0 Å². The number of hydrogen-bond donors (Lipinski definition) is 0. The summed E-state index contributed by atoms with van der Waals surface area (Å²) in [6.45, 7) is 4.11. The Balaban J connectivity index is 2.05. The van der Waals surface area contributed by atoms with Crippen molar-refractivity contribution >= 4 is 23.3 Å². The Morgan fingerprint density at radius 1 is 1.12 bits per heavy atom. The van der Waals surface area contributed by atoms with Crippen molar-refractivity contribution in [2.24, 2.45) is 0 Å². The van der Waals surface area contributed by atoms with E-state index in [0.29, 0.717) is 10.6 Å². The molecule has 3 nitrogen and oxygen atoms in total. The fourth-order valence-electron chi connectivity index (χ4n) is 3.05. The van der Waals surface area contributed by atoms with E-state index in [9.17, 15) is 5.26 Å². The Kier molecular flexibility index (Phi) is 5.16. The summed E-state index contributed by atoms with van der Waals surface area (Å²) in [5.74, 6) is 0.823. The second kappa shape index (κ2) is 7.51. The Hall–Kier alpha value is -2.96. The van der Waals surface area contributed by atoms with E-state index in [1.165, 1.54) is 0 Å². The average molecular weight is 363 g/mol. The van der Waals surface area contributed by atoms with Gasteiger partial charge in [0, 0.05) is 22.1 Å². The van der Waals surface area contributed by atoms with Crippen LogP contribution in [0.2, 0.25) is 5.02 Å². The maximum absolute atomic E-state index is 9.59. The highest BCUT2D eigenvalue weighted by Crippen LogP contribution is 2.27. The summed E-state index contributed by atoms with van der Waals surface area (Å²) >= 11 is 6.06. The van der Waals surface area contributed by atoms with E-state index in [2.05, 4.69) is 30.6 Å². The van der Waals surface area contributed by atoms with Crippen molar-refractivity contribution in [2.45, 2.75) is 13.8 Å². The highest BCUT2D eigenvalue weighted by atomic mass is 35.5. The number of allylic oxidation sites excluding steroid dienone is 1. The average Bonchev–Trinajstić information content (AvgIpc) is 2.93. The molecule has 0 fully saturated rings. The molecule has 0 aliphatic rings. The molecule has 0 saturated heterocycles. The third-order valence-corrected chi connectivity index (χ3v) is 4.59. The molecule has 0 aliphatic heterocycles. The van der Waals surface area contributed by atoms with Crippen molar-refractivity contribution in [3.8, 4) is 17.5 Å². The van der Waals surface area contributed by atoms with Gasteiger partial charge >= 0.3 is 0 Å². The number of nitriles is 1. The van der Waals surface area contributed by atoms with Gasteiger partial charge in [0.2, 0.25) is 0 Å². The van der Waals surface area contributed by atoms with Gasteiger partial charge in [0.05, 0.1) is 18.8 Å². The van der Waals surface area contributed by atoms with Gasteiger partial charge in [-0.15, -0.1) is 0 Å². The molecule has 0 bridgehead atoms. The summed E-state index contributed by atoms with van der Waals surface area (Å²) in [5.41, 5.74) is 5.64. The molecule has 0 N–H and O–H groups in total. The van der Waals surface area contributed by atoms with Gasteiger partial charge in [-0.05, 0) is 73.5 Å². The van der Waals surface area contributed by atoms with Crippen LogP contribution in [0.4, 0.5) is 0 Å². The summed E-state index contributed by atoms with van der Waals surface area (Å²) in [5, 5.41) is 10.2. The Morgan fingerprint density at radius 3 is 2.46 bits per heavy atom. The van der Waals surface area contributed by atoms with Crippen LogP contribution in [0.1, 0.15) is 22.5 Å². The third-order valence-electron chi connectivity index (χ3n) is 4.36. The molecule has 3 aromatic rings. The fraction of sp³-hybridized carbons (Fsp3) is 0.136. The first-order valence-electron chi connectivity index (χ1n) is 8.24.